The zero-order valence-electron chi connectivity index (χ0n) is 18.5. The summed E-state index contributed by atoms with van der Waals surface area (Å²) in [5.41, 5.74) is 4.37. The van der Waals surface area contributed by atoms with Crippen LogP contribution in [0.5, 0.6) is 11.5 Å². The van der Waals surface area contributed by atoms with Gasteiger partial charge in [0.1, 0.15) is 6.61 Å². The van der Waals surface area contributed by atoms with E-state index >= 15 is 0 Å². The lowest BCUT2D eigenvalue weighted by atomic mass is 10.1. The van der Waals surface area contributed by atoms with Gasteiger partial charge in [-0.25, -0.2) is 4.98 Å². The van der Waals surface area contributed by atoms with Gasteiger partial charge in [0.2, 0.25) is 5.91 Å². The van der Waals surface area contributed by atoms with Gasteiger partial charge in [-0.05, 0) is 61.2 Å². The van der Waals surface area contributed by atoms with Gasteiger partial charge in [0, 0.05) is 18.7 Å². The number of benzene rings is 2. The number of carbonyl (C=O) groups is 2. The number of phenols is 1. The zero-order chi connectivity index (χ0) is 23.3. The van der Waals surface area contributed by atoms with Crippen LogP contribution in [0, 0.1) is 13.8 Å². The lowest BCUT2D eigenvalue weighted by Gasteiger charge is -2.19. The molecule has 0 saturated heterocycles. The van der Waals surface area contributed by atoms with Crippen LogP contribution in [0.3, 0.4) is 0 Å². The third-order valence-corrected chi connectivity index (χ3v) is 5.91. The van der Waals surface area contributed by atoms with Gasteiger partial charge in [0.25, 0.3) is 0 Å². The summed E-state index contributed by atoms with van der Waals surface area (Å²) in [5.74, 6) is -0.0930. The molecule has 168 valence electrons. The minimum Gasteiger partial charge on any atom is -0.504 e. The highest BCUT2D eigenvalue weighted by atomic mass is 32.1. The van der Waals surface area contributed by atoms with Crippen LogP contribution in [0.2, 0.25) is 0 Å². The maximum Gasteiger partial charge on any atom is 0.306 e. The second-order valence-electron chi connectivity index (χ2n) is 7.41. The van der Waals surface area contributed by atoms with Gasteiger partial charge in [-0.2, -0.15) is 0 Å². The molecule has 1 heterocycles. The van der Waals surface area contributed by atoms with E-state index in [-0.39, 0.29) is 30.7 Å². The van der Waals surface area contributed by atoms with Crippen molar-refractivity contribution in [1.29, 1.82) is 0 Å². The van der Waals surface area contributed by atoms with Crippen LogP contribution in [0.15, 0.2) is 41.8 Å². The maximum atomic E-state index is 12.3. The Hall–Kier alpha value is -3.39. The quantitative estimate of drug-likeness (QED) is 0.490. The van der Waals surface area contributed by atoms with Gasteiger partial charge in [0.15, 0.2) is 16.6 Å². The van der Waals surface area contributed by atoms with Crippen molar-refractivity contribution >= 4 is 34.0 Å². The predicted octanol–water partition coefficient (Wildman–Crippen LogP) is 4.83. The highest BCUT2D eigenvalue weighted by Crippen LogP contribution is 2.30. The molecule has 3 rings (SSSR count). The van der Waals surface area contributed by atoms with Gasteiger partial charge in [0.05, 0.1) is 18.5 Å². The summed E-state index contributed by atoms with van der Waals surface area (Å²) < 4.78 is 10.3. The molecule has 0 saturated carbocycles. The number of phenolic OH excluding ortho intramolecular Hbond substituents is 1. The first-order chi connectivity index (χ1) is 15.3. The number of nitrogens with zero attached hydrogens (tertiary/aromatic N) is 2. The first kappa shape index (κ1) is 23.3. The Morgan fingerprint density at radius 1 is 1.12 bits per heavy atom. The maximum absolute atomic E-state index is 12.3. The standard InChI is InChI=1S/C24H26N2O5S/c1-15-5-8-20(11-16(15)2)26(17(3)27)24-25-19(14-32-24)13-31-23(29)10-7-18-6-9-22(30-4)21(28)12-18/h5-6,8-9,11-12,14,28H,7,10,13H2,1-4H3. The number of anilines is 2. The summed E-state index contributed by atoms with van der Waals surface area (Å²) >= 11 is 1.32. The van der Waals surface area contributed by atoms with Crippen molar-refractivity contribution in [3.8, 4) is 11.5 Å². The number of aromatic nitrogens is 1. The Morgan fingerprint density at radius 2 is 1.91 bits per heavy atom. The van der Waals surface area contributed by atoms with Crippen molar-refractivity contribution in [3.63, 3.8) is 0 Å². The van der Waals surface area contributed by atoms with E-state index in [0.29, 0.717) is 23.0 Å². The fourth-order valence-electron chi connectivity index (χ4n) is 3.12. The van der Waals surface area contributed by atoms with E-state index in [1.807, 2.05) is 32.0 Å². The molecule has 0 aliphatic carbocycles. The fourth-order valence-corrected chi connectivity index (χ4v) is 3.99. The number of hydrogen-bond donors (Lipinski definition) is 1. The molecule has 0 bridgehead atoms. The largest absolute Gasteiger partial charge is 0.504 e. The first-order valence-corrected chi connectivity index (χ1v) is 11.0. The van der Waals surface area contributed by atoms with Crippen LogP contribution < -0.4 is 9.64 Å². The summed E-state index contributed by atoms with van der Waals surface area (Å²) in [6.07, 6.45) is 0.606. The van der Waals surface area contributed by atoms with Crippen LogP contribution in [-0.4, -0.2) is 29.1 Å². The SMILES string of the molecule is COc1ccc(CCC(=O)OCc2csc(N(C(C)=O)c3ccc(C)c(C)c3)n2)cc1O. The Labute approximate surface area is 191 Å². The third-order valence-electron chi connectivity index (χ3n) is 5.04. The molecule has 0 spiro atoms. The summed E-state index contributed by atoms with van der Waals surface area (Å²) in [6.45, 7) is 5.54. The van der Waals surface area contributed by atoms with Crippen molar-refractivity contribution in [3.05, 3.63) is 64.2 Å². The average Bonchev–Trinajstić information content (AvgIpc) is 3.21. The van der Waals surface area contributed by atoms with E-state index in [1.165, 1.54) is 25.4 Å². The normalized spacial score (nSPS) is 10.6. The summed E-state index contributed by atoms with van der Waals surface area (Å²) in [7, 11) is 1.48. The molecule has 0 aliphatic rings. The number of aromatic hydroxyl groups is 1. The summed E-state index contributed by atoms with van der Waals surface area (Å²) in [4.78, 5) is 30.5. The van der Waals surface area contributed by atoms with Crippen molar-refractivity contribution in [2.24, 2.45) is 0 Å². The van der Waals surface area contributed by atoms with Gasteiger partial charge >= 0.3 is 5.97 Å². The molecular formula is C24H26N2O5S. The van der Waals surface area contributed by atoms with Crippen LogP contribution in [0.25, 0.3) is 0 Å². The molecule has 8 heteroatoms. The number of rotatable bonds is 8. The molecular weight excluding hydrogens is 428 g/mol. The Kier molecular flexibility index (Phi) is 7.48. The van der Waals surface area contributed by atoms with Gasteiger partial charge in [-0.1, -0.05) is 12.1 Å². The molecule has 32 heavy (non-hydrogen) atoms. The van der Waals surface area contributed by atoms with Crippen molar-refractivity contribution in [2.45, 2.75) is 40.2 Å². The number of aryl methyl sites for hydroxylation is 3. The second-order valence-corrected chi connectivity index (χ2v) is 8.25. The summed E-state index contributed by atoms with van der Waals surface area (Å²) in [5, 5.41) is 12.1. The number of ether oxygens (including phenoxy) is 2. The second kappa shape index (κ2) is 10.3. The first-order valence-electron chi connectivity index (χ1n) is 10.1. The molecule has 0 fully saturated rings. The number of hydrogen-bond acceptors (Lipinski definition) is 7. The van der Waals surface area contributed by atoms with Crippen LogP contribution >= 0.6 is 11.3 Å². The highest BCUT2D eigenvalue weighted by Gasteiger charge is 2.19. The van der Waals surface area contributed by atoms with Crippen molar-refractivity contribution < 1.29 is 24.2 Å². The molecule has 1 aromatic heterocycles. The molecule has 3 aromatic rings. The van der Waals surface area contributed by atoms with E-state index in [1.54, 1.807) is 28.5 Å². The summed E-state index contributed by atoms with van der Waals surface area (Å²) in [6, 6.07) is 10.8. The van der Waals surface area contributed by atoms with Crippen molar-refractivity contribution in [1.82, 2.24) is 4.98 Å². The molecule has 7 nitrogen and oxygen atoms in total. The average molecular weight is 455 g/mol. The highest BCUT2D eigenvalue weighted by molar-refractivity contribution is 7.14. The zero-order valence-corrected chi connectivity index (χ0v) is 19.4. The van der Waals surface area contributed by atoms with Crippen LogP contribution in [-0.2, 0) is 27.4 Å². The Morgan fingerprint density at radius 3 is 2.56 bits per heavy atom. The van der Waals surface area contributed by atoms with E-state index in [0.717, 1.165) is 22.4 Å². The smallest absolute Gasteiger partial charge is 0.306 e. The minimum atomic E-state index is -0.368. The van der Waals surface area contributed by atoms with E-state index in [9.17, 15) is 14.7 Å². The predicted molar refractivity (Wildman–Crippen MR) is 124 cm³/mol. The van der Waals surface area contributed by atoms with Gasteiger partial charge < -0.3 is 14.6 Å². The molecule has 0 atom stereocenters. The molecule has 0 radical (unpaired) electrons. The molecule has 0 unspecified atom stereocenters. The molecule has 2 aromatic carbocycles. The van der Waals surface area contributed by atoms with Crippen LogP contribution in [0.4, 0.5) is 10.8 Å². The lowest BCUT2D eigenvalue weighted by Crippen LogP contribution is -2.22. The van der Waals surface area contributed by atoms with E-state index in [2.05, 4.69) is 4.98 Å². The molecule has 0 aliphatic heterocycles. The van der Waals surface area contributed by atoms with E-state index < -0.39 is 0 Å². The van der Waals surface area contributed by atoms with E-state index in [4.69, 9.17) is 9.47 Å². The Balaban J connectivity index is 1.59. The minimum absolute atomic E-state index is 0.0296. The number of carbonyl (C=O) groups excluding carboxylic acids is 2. The van der Waals surface area contributed by atoms with Crippen molar-refractivity contribution in [2.75, 3.05) is 12.0 Å². The number of amides is 1. The van der Waals surface area contributed by atoms with Gasteiger partial charge in [-0.15, -0.1) is 11.3 Å². The number of esters is 1. The van der Waals surface area contributed by atoms with Gasteiger partial charge in [-0.3, -0.25) is 14.5 Å². The lowest BCUT2D eigenvalue weighted by molar-refractivity contribution is -0.145. The number of thiazole rings is 1. The topological polar surface area (TPSA) is 89.0 Å². The number of methoxy groups -OCH3 is 1. The fraction of sp³-hybridized carbons (Fsp3) is 0.292. The van der Waals surface area contributed by atoms with Crippen LogP contribution in [0.1, 0.15) is 35.7 Å². The third kappa shape index (κ3) is 5.64. The Bertz CT molecular complexity index is 1130. The molecule has 1 amide bonds. The molecule has 1 N–H and O–H groups in total. The monoisotopic (exact) mass is 454 g/mol.